The Morgan fingerprint density at radius 1 is 1.32 bits per heavy atom. The van der Waals surface area contributed by atoms with Crippen LogP contribution in [0.15, 0.2) is 27.5 Å². The van der Waals surface area contributed by atoms with Crippen molar-refractivity contribution in [2.45, 2.75) is 51.2 Å². The van der Waals surface area contributed by atoms with Crippen molar-refractivity contribution in [1.29, 1.82) is 0 Å². The molecule has 4 N–H and O–H groups in total. The molecule has 3 heterocycles. The first-order chi connectivity index (χ1) is 13.5. The van der Waals surface area contributed by atoms with Crippen molar-refractivity contribution in [2.75, 3.05) is 5.32 Å². The van der Waals surface area contributed by atoms with Gasteiger partial charge in [-0.15, -0.1) is 0 Å². The maximum absolute atomic E-state index is 11.8. The fourth-order valence-electron chi connectivity index (χ4n) is 3.42. The minimum atomic E-state index is -0.518. The summed E-state index contributed by atoms with van der Waals surface area (Å²) in [4.78, 5) is 29.8. The molecule has 0 spiro atoms. The first-order valence-electron chi connectivity index (χ1n) is 9.24. The normalized spacial score (nSPS) is 19.2. The molecular weight excluding hydrogens is 364 g/mol. The summed E-state index contributed by atoms with van der Waals surface area (Å²) in [6.07, 6.45) is 3.51. The lowest BCUT2D eigenvalue weighted by atomic mass is 10.0. The lowest BCUT2D eigenvalue weighted by Crippen LogP contribution is -2.33. The van der Waals surface area contributed by atoms with Crippen LogP contribution in [0.3, 0.4) is 0 Å². The molecule has 0 bridgehead atoms. The second kappa shape index (κ2) is 7.37. The number of fused-ring (bicyclic) bond motifs is 1. The molecule has 3 aromatic rings. The van der Waals surface area contributed by atoms with Crippen LogP contribution < -0.4 is 16.4 Å². The molecule has 4 rings (SSSR count). The number of H-pyrrole nitrogens is 2. The first kappa shape index (κ1) is 18.1. The molecule has 148 valence electrons. The summed E-state index contributed by atoms with van der Waals surface area (Å²) in [6.45, 7) is 3.79. The predicted octanol–water partition coefficient (Wildman–Crippen LogP) is 2.75. The predicted molar refractivity (Wildman–Crippen MR) is 102 cm³/mol. The van der Waals surface area contributed by atoms with Crippen LogP contribution in [0.25, 0.3) is 11.1 Å². The molecule has 1 aliphatic carbocycles. The van der Waals surface area contributed by atoms with E-state index in [1.165, 1.54) is 6.20 Å². The van der Waals surface area contributed by atoms with Gasteiger partial charge in [-0.05, 0) is 33.1 Å². The van der Waals surface area contributed by atoms with Crippen LogP contribution in [-0.2, 0) is 4.74 Å². The average molecular weight is 386 g/mol. The summed E-state index contributed by atoms with van der Waals surface area (Å²) < 4.78 is 10.4. The molecule has 0 aliphatic heterocycles. The molecule has 3 aromatic heterocycles. The fourth-order valence-corrected chi connectivity index (χ4v) is 3.42. The number of pyridine rings is 1. The Bertz CT molecular complexity index is 1040. The van der Waals surface area contributed by atoms with Crippen LogP contribution in [0.2, 0.25) is 0 Å². The average Bonchev–Trinajstić information content (AvgIpc) is 3.32. The van der Waals surface area contributed by atoms with Crippen molar-refractivity contribution < 1.29 is 13.9 Å². The second-order valence-corrected chi connectivity index (χ2v) is 7.25. The van der Waals surface area contributed by atoms with E-state index in [1.807, 2.05) is 19.9 Å². The molecular formula is C18H22N6O4. The van der Waals surface area contributed by atoms with Gasteiger partial charge in [-0.2, -0.15) is 5.10 Å². The number of hydrogen-bond acceptors (Lipinski definition) is 7. The maximum atomic E-state index is 11.8. The van der Waals surface area contributed by atoms with Crippen LogP contribution in [0.1, 0.15) is 44.7 Å². The SMILES string of the molecule is CC(C)NC(=O)O[C@@H]1CC[C@H](c2cc(Nc3cc4[nH]c(=O)oc4cn3)n[nH]2)C1. The second-order valence-electron chi connectivity index (χ2n) is 7.25. The standard InChI is InChI=1S/C18H22N6O4/c1-9(2)20-17(25)27-11-4-3-10(5-11)12-6-16(24-23-12)22-15-7-13-14(8-19-15)28-18(26)21-13/h6-11H,3-5H2,1-2H3,(H,20,25)(H,21,26)(H2,19,22,23,24)/t10-,11+/m0/s1. The molecule has 2 atom stereocenters. The number of amides is 1. The number of ether oxygens (including phenoxy) is 1. The highest BCUT2D eigenvalue weighted by Gasteiger charge is 2.30. The van der Waals surface area contributed by atoms with E-state index >= 15 is 0 Å². The fraction of sp³-hybridized carbons (Fsp3) is 0.444. The molecule has 10 nitrogen and oxygen atoms in total. The molecule has 0 unspecified atom stereocenters. The lowest BCUT2D eigenvalue weighted by molar-refractivity contribution is 0.0981. The minimum absolute atomic E-state index is 0.0543. The van der Waals surface area contributed by atoms with E-state index in [1.54, 1.807) is 6.07 Å². The number of oxazole rings is 1. The van der Waals surface area contributed by atoms with Crippen molar-refractivity contribution in [1.82, 2.24) is 25.5 Å². The maximum Gasteiger partial charge on any atom is 0.417 e. The van der Waals surface area contributed by atoms with Gasteiger partial charge in [0, 0.05) is 29.8 Å². The largest absolute Gasteiger partial charge is 0.446 e. The van der Waals surface area contributed by atoms with E-state index in [0.29, 0.717) is 22.7 Å². The third-order valence-electron chi connectivity index (χ3n) is 4.67. The number of anilines is 2. The third kappa shape index (κ3) is 4.00. The number of aromatic amines is 2. The Morgan fingerprint density at radius 2 is 2.18 bits per heavy atom. The van der Waals surface area contributed by atoms with Gasteiger partial charge in [-0.3, -0.25) is 10.1 Å². The van der Waals surface area contributed by atoms with E-state index in [4.69, 9.17) is 9.15 Å². The first-order valence-corrected chi connectivity index (χ1v) is 9.24. The van der Waals surface area contributed by atoms with Crippen molar-refractivity contribution >= 4 is 28.8 Å². The number of nitrogens with zero attached hydrogens (tertiary/aromatic N) is 2. The van der Waals surface area contributed by atoms with Crippen molar-refractivity contribution in [3.8, 4) is 0 Å². The molecule has 1 amide bonds. The number of carbonyl (C=O) groups excluding carboxylic acids is 1. The molecule has 10 heteroatoms. The number of nitrogens with one attached hydrogen (secondary N) is 4. The molecule has 0 saturated heterocycles. The summed E-state index contributed by atoms with van der Waals surface area (Å²) in [5.74, 6) is 0.895. The van der Waals surface area contributed by atoms with Crippen molar-refractivity contribution in [2.24, 2.45) is 0 Å². The van der Waals surface area contributed by atoms with Gasteiger partial charge in [0.25, 0.3) is 0 Å². The summed E-state index contributed by atoms with van der Waals surface area (Å²) in [7, 11) is 0. The highest BCUT2D eigenvalue weighted by molar-refractivity contribution is 5.75. The Hall–Kier alpha value is -3.30. The number of carbonyl (C=O) groups is 1. The van der Waals surface area contributed by atoms with Crippen LogP contribution in [-0.4, -0.2) is 38.4 Å². The van der Waals surface area contributed by atoms with Gasteiger partial charge in [0.2, 0.25) is 0 Å². The zero-order valence-corrected chi connectivity index (χ0v) is 15.6. The quantitative estimate of drug-likeness (QED) is 0.529. The van der Waals surface area contributed by atoms with Gasteiger partial charge >= 0.3 is 11.8 Å². The highest BCUT2D eigenvalue weighted by Crippen LogP contribution is 2.36. The van der Waals surface area contributed by atoms with E-state index < -0.39 is 5.76 Å². The molecule has 1 saturated carbocycles. The summed E-state index contributed by atoms with van der Waals surface area (Å²) >= 11 is 0. The summed E-state index contributed by atoms with van der Waals surface area (Å²) in [6, 6.07) is 3.66. The summed E-state index contributed by atoms with van der Waals surface area (Å²) in [5.41, 5.74) is 1.95. The zero-order valence-electron chi connectivity index (χ0n) is 15.6. The van der Waals surface area contributed by atoms with Gasteiger partial charge in [-0.1, -0.05) is 0 Å². The molecule has 1 fully saturated rings. The number of aromatic nitrogens is 4. The van der Waals surface area contributed by atoms with E-state index in [0.717, 1.165) is 25.0 Å². The topological polar surface area (TPSA) is 138 Å². The van der Waals surface area contributed by atoms with E-state index in [2.05, 4.69) is 30.8 Å². The summed E-state index contributed by atoms with van der Waals surface area (Å²) in [5, 5.41) is 13.2. The highest BCUT2D eigenvalue weighted by atomic mass is 16.6. The van der Waals surface area contributed by atoms with Crippen molar-refractivity contribution in [3.05, 3.63) is 34.6 Å². The number of rotatable bonds is 5. The molecule has 0 aromatic carbocycles. The molecule has 28 heavy (non-hydrogen) atoms. The van der Waals surface area contributed by atoms with Crippen LogP contribution >= 0.6 is 0 Å². The van der Waals surface area contributed by atoms with Gasteiger partial charge in [-0.25, -0.2) is 14.6 Å². The Kier molecular flexibility index (Phi) is 4.76. The van der Waals surface area contributed by atoms with Gasteiger partial charge < -0.3 is 19.8 Å². The Morgan fingerprint density at radius 3 is 3.00 bits per heavy atom. The van der Waals surface area contributed by atoms with Gasteiger partial charge in [0.15, 0.2) is 11.4 Å². The van der Waals surface area contributed by atoms with E-state index in [-0.39, 0.29) is 24.2 Å². The molecule has 1 aliphatic rings. The van der Waals surface area contributed by atoms with Crippen LogP contribution in [0.4, 0.5) is 16.4 Å². The minimum Gasteiger partial charge on any atom is -0.446 e. The Balaban J connectivity index is 1.37. The third-order valence-corrected chi connectivity index (χ3v) is 4.67. The van der Waals surface area contributed by atoms with Crippen molar-refractivity contribution in [3.63, 3.8) is 0 Å². The van der Waals surface area contributed by atoms with Gasteiger partial charge in [0.1, 0.15) is 11.9 Å². The Labute approximate surface area is 160 Å². The lowest BCUT2D eigenvalue weighted by Gasteiger charge is -2.14. The zero-order chi connectivity index (χ0) is 19.7. The molecule has 0 radical (unpaired) electrons. The monoisotopic (exact) mass is 386 g/mol. The number of hydrogen-bond donors (Lipinski definition) is 4. The van der Waals surface area contributed by atoms with Crippen LogP contribution in [0.5, 0.6) is 0 Å². The smallest absolute Gasteiger partial charge is 0.417 e. The van der Waals surface area contributed by atoms with Gasteiger partial charge in [0.05, 0.1) is 11.7 Å². The van der Waals surface area contributed by atoms with Crippen LogP contribution in [0, 0.1) is 0 Å². The van der Waals surface area contributed by atoms with E-state index in [9.17, 15) is 9.59 Å². The number of alkyl carbamates (subject to hydrolysis) is 1.